The van der Waals surface area contributed by atoms with Crippen LogP contribution in [0.15, 0.2) is 75.7 Å². The summed E-state index contributed by atoms with van der Waals surface area (Å²) in [6.07, 6.45) is 0. The molecular formula is C26H26N2O4. The first-order valence-corrected chi connectivity index (χ1v) is 10.5. The van der Waals surface area contributed by atoms with Crippen LogP contribution in [0.5, 0.6) is 5.75 Å². The average Bonchev–Trinajstić information content (AvgIpc) is 3.41. The fraction of sp³-hybridized carbons (Fsp3) is 0.231. The number of rotatable bonds is 7. The molecule has 2 heterocycles. The van der Waals surface area contributed by atoms with Gasteiger partial charge in [0.25, 0.3) is 5.91 Å². The minimum Gasteiger partial charge on any atom is -0.486 e. The van der Waals surface area contributed by atoms with Crippen molar-refractivity contribution in [1.82, 2.24) is 5.16 Å². The summed E-state index contributed by atoms with van der Waals surface area (Å²) in [5, 5.41) is 6.60. The maximum atomic E-state index is 12.4. The largest absolute Gasteiger partial charge is 0.486 e. The van der Waals surface area contributed by atoms with E-state index in [0.29, 0.717) is 22.9 Å². The number of nitrogens with zero attached hydrogens (tertiary/aromatic N) is 1. The Morgan fingerprint density at radius 1 is 0.969 bits per heavy atom. The molecule has 0 unspecified atom stereocenters. The normalized spacial score (nSPS) is 11.4. The van der Waals surface area contributed by atoms with Crippen LogP contribution in [0.3, 0.4) is 0 Å². The van der Waals surface area contributed by atoms with E-state index in [1.165, 1.54) is 11.1 Å². The summed E-state index contributed by atoms with van der Waals surface area (Å²) in [6.45, 7) is 8.13. The highest BCUT2D eigenvalue weighted by atomic mass is 16.5. The first kappa shape index (κ1) is 21.4. The number of furan rings is 1. The smallest absolute Gasteiger partial charge is 0.291 e. The van der Waals surface area contributed by atoms with Gasteiger partial charge in [0, 0.05) is 5.41 Å². The molecule has 0 radical (unpaired) electrons. The Morgan fingerprint density at radius 3 is 2.31 bits per heavy atom. The lowest BCUT2D eigenvalue weighted by molar-refractivity contribution is 0.0992. The zero-order chi connectivity index (χ0) is 22.7. The summed E-state index contributed by atoms with van der Waals surface area (Å²) in [5.74, 6) is 1.67. The van der Waals surface area contributed by atoms with Crippen molar-refractivity contribution in [2.75, 3.05) is 5.32 Å². The first-order chi connectivity index (χ1) is 15.3. The SMILES string of the molecule is Cc1noc(C)c1NC(=O)c1ccc(COc2ccc(C(C)(C)c3ccccc3)cc2)o1. The molecule has 1 amide bonds. The Bertz CT molecular complexity index is 1180. The summed E-state index contributed by atoms with van der Waals surface area (Å²) in [4.78, 5) is 12.4. The summed E-state index contributed by atoms with van der Waals surface area (Å²) >= 11 is 0. The standard InChI is InChI=1S/C26H26N2O4/c1-17-24(18(2)32-28-17)27-25(29)23-15-14-22(31-23)16-30-21-12-10-20(11-13-21)26(3,4)19-8-6-5-7-9-19/h5-15H,16H2,1-4H3,(H,27,29). The lowest BCUT2D eigenvalue weighted by atomic mass is 9.78. The molecule has 6 heteroatoms. The molecule has 0 spiro atoms. The first-order valence-electron chi connectivity index (χ1n) is 10.5. The molecule has 164 valence electrons. The molecule has 4 rings (SSSR count). The van der Waals surface area contributed by atoms with Crippen LogP contribution in [0.1, 0.15) is 52.7 Å². The number of aryl methyl sites for hydroxylation is 2. The monoisotopic (exact) mass is 430 g/mol. The molecule has 0 atom stereocenters. The molecule has 0 fully saturated rings. The van der Waals surface area contributed by atoms with E-state index in [1.54, 1.807) is 26.0 Å². The number of hydrogen-bond donors (Lipinski definition) is 1. The van der Waals surface area contributed by atoms with E-state index in [1.807, 2.05) is 18.2 Å². The quantitative estimate of drug-likeness (QED) is 0.387. The topological polar surface area (TPSA) is 77.5 Å². The third-order valence-corrected chi connectivity index (χ3v) is 5.61. The lowest BCUT2D eigenvalue weighted by Crippen LogP contribution is -2.18. The van der Waals surface area contributed by atoms with Crippen molar-refractivity contribution in [1.29, 1.82) is 0 Å². The van der Waals surface area contributed by atoms with E-state index in [2.05, 4.69) is 60.7 Å². The summed E-state index contributed by atoms with van der Waals surface area (Å²) in [5.41, 5.74) is 3.52. The van der Waals surface area contributed by atoms with E-state index in [-0.39, 0.29) is 23.7 Å². The maximum absolute atomic E-state index is 12.4. The molecule has 2 aromatic carbocycles. The van der Waals surface area contributed by atoms with Crippen LogP contribution < -0.4 is 10.1 Å². The van der Waals surface area contributed by atoms with E-state index in [4.69, 9.17) is 13.7 Å². The number of amides is 1. The molecule has 4 aromatic rings. The number of ether oxygens (including phenoxy) is 1. The van der Waals surface area contributed by atoms with Gasteiger partial charge in [-0.2, -0.15) is 0 Å². The van der Waals surface area contributed by atoms with Crippen molar-refractivity contribution >= 4 is 11.6 Å². The highest BCUT2D eigenvalue weighted by molar-refractivity contribution is 6.02. The minimum absolute atomic E-state index is 0.107. The molecule has 1 N–H and O–H groups in total. The summed E-state index contributed by atoms with van der Waals surface area (Å²) in [7, 11) is 0. The summed E-state index contributed by atoms with van der Waals surface area (Å²) in [6, 6.07) is 21.8. The second-order valence-corrected chi connectivity index (χ2v) is 8.22. The molecule has 32 heavy (non-hydrogen) atoms. The highest BCUT2D eigenvalue weighted by Gasteiger charge is 2.22. The predicted molar refractivity (Wildman–Crippen MR) is 122 cm³/mol. The van der Waals surface area contributed by atoms with Gasteiger partial charge in [-0.25, -0.2) is 0 Å². The Balaban J connectivity index is 1.37. The van der Waals surface area contributed by atoms with Gasteiger partial charge in [-0.1, -0.05) is 61.5 Å². The zero-order valence-electron chi connectivity index (χ0n) is 18.6. The second-order valence-electron chi connectivity index (χ2n) is 8.22. The number of carbonyl (C=O) groups excluding carboxylic acids is 1. The average molecular weight is 431 g/mol. The van der Waals surface area contributed by atoms with Gasteiger partial charge in [-0.15, -0.1) is 0 Å². The number of carbonyl (C=O) groups is 1. The molecule has 0 aliphatic rings. The number of hydrogen-bond acceptors (Lipinski definition) is 5. The van der Waals surface area contributed by atoms with E-state index in [0.717, 1.165) is 5.75 Å². The van der Waals surface area contributed by atoms with Gasteiger partial charge >= 0.3 is 0 Å². The van der Waals surface area contributed by atoms with Crippen LogP contribution in [-0.2, 0) is 12.0 Å². The molecule has 2 aromatic heterocycles. The third kappa shape index (κ3) is 4.44. The fourth-order valence-corrected chi connectivity index (χ4v) is 3.56. The van der Waals surface area contributed by atoms with Crippen LogP contribution in [0, 0.1) is 13.8 Å². The van der Waals surface area contributed by atoms with Crippen LogP contribution in [0.2, 0.25) is 0 Å². The van der Waals surface area contributed by atoms with Gasteiger partial charge in [0.2, 0.25) is 0 Å². The zero-order valence-corrected chi connectivity index (χ0v) is 18.6. The van der Waals surface area contributed by atoms with Crippen molar-refractivity contribution < 1.29 is 18.5 Å². The molecular weight excluding hydrogens is 404 g/mol. The van der Waals surface area contributed by atoms with Gasteiger partial charge < -0.3 is 19.0 Å². The van der Waals surface area contributed by atoms with Crippen molar-refractivity contribution in [3.63, 3.8) is 0 Å². The number of nitrogens with one attached hydrogen (secondary N) is 1. The molecule has 0 saturated heterocycles. The van der Waals surface area contributed by atoms with Crippen LogP contribution >= 0.6 is 0 Å². The van der Waals surface area contributed by atoms with Crippen LogP contribution in [-0.4, -0.2) is 11.1 Å². The fourth-order valence-electron chi connectivity index (χ4n) is 3.56. The van der Waals surface area contributed by atoms with Crippen molar-refractivity contribution in [3.8, 4) is 5.75 Å². The minimum atomic E-state index is -0.363. The van der Waals surface area contributed by atoms with Crippen LogP contribution in [0.25, 0.3) is 0 Å². The second kappa shape index (κ2) is 8.75. The molecule has 6 nitrogen and oxygen atoms in total. The Hall–Kier alpha value is -3.80. The van der Waals surface area contributed by atoms with Gasteiger partial charge in [-0.3, -0.25) is 4.79 Å². The molecule has 0 bridgehead atoms. The number of aromatic nitrogens is 1. The summed E-state index contributed by atoms with van der Waals surface area (Å²) < 4.78 is 16.6. The Morgan fingerprint density at radius 2 is 1.66 bits per heavy atom. The molecule has 0 aliphatic carbocycles. The van der Waals surface area contributed by atoms with Crippen LogP contribution in [0.4, 0.5) is 5.69 Å². The highest BCUT2D eigenvalue weighted by Crippen LogP contribution is 2.32. The Labute approximate surface area is 187 Å². The van der Waals surface area contributed by atoms with Gasteiger partial charge in [0.05, 0.1) is 0 Å². The van der Waals surface area contributed by atoms with Gasteiger partial charge in [0.1, 0.15) is 29.5 Å². The van der Waals surface area contributed by atoms with Gasteiger partial charge in [-0.05, 0) is 49.2 Å². The molecule has 0 saturated carbocycles. The van der Waals surface area contributed by atoms with Crippen molar-refractivity contribution in [2.24, 2.45) is 0 Å². The van der Waals surface area contributed by atoms with E-state index >= 15 is 0 Å². The van der Waals surface area contributed by atoms with E-state index < -0.39 is 0 Å². The lowest BCUT2D eigenvalue weighted by Gasteiger charge is -2.26. The third-order valence-electron chi connectivity index (χ3n) is 5.61. The maximum Gasteiger partial charge on any atom is 0.291 e. The van der Waals surface area contributed by atoms with Crippen molar-refractivity contribution in [2.45, 2.75) is 39.7 Å². The van der Waals surface area contributed by atoms with Gasteiger partial charge in [0.15, 0.2) is 11.5 Å². The predicted octanol–water partition coefficient (Wildman–Crippen LogP) is 6.04. The molecule has 0 aliphatic heterocycles. The van der Waals surface area contributed by atoms with E-state index in [9.17, 15) is 4.79 Å². The Kier molecular flexibility index (Phi) is 5.86. The number of anilines is 1. The number of benzene rings is 2. The van der Waals surface area contributed by atoms with Crippen molar-refractivity contribution in [3.05, 3.63) is 101 Å².